The van der Waals surface area contributed by atoms with Crippen molar-refractivity contribution >= 4 is 21.6 Å². The topological polar surface area (TPSA) is 60.5 Å². The van der Waals surface area contributed by atoms with Gasteiger partial charge >= 0.3 is 0 Å². The van der Waals surface area contributed by atoms with Crippen molar-refractivity contribution in [2.24, 2.45) is 5.92 Å². The molecule has 0 unspecified atom stereocenters. The maximum Gasteiger partial charge on any atom is 0.142 e. The minimum absolute atomic E-state index is 0.0811. The molecule has 17 heavy (non-hydrogen) atoms. The smallest absolute Gasteiger partial charge is 0.142 e. The molecule has 0 bridgehead atoms. The molecule has 0 fully saturated rings. The standard InChI is InChI=1S/C13H11N3S/c1-2-10(9(7-14)8-15)13-16-11-5-3-4-6-12(11)17-13/h3-6,9-10H,2H2,1H3/t10-/m1/s1. The van der Waals surface area contributed by atoms with Crippen LogP contribution in [0.4, 0.5) is 0 Å². The molecule has 0 saturated carbocycles. The summed E-state index contributed by atoms with van der Waals surface area (Å²) in [6.45, 7) is 1.98. The molecule has 1 heterocycles. The molecule has 0 aliphatic carbocycles. The molecule has 3 nitrogen and oxygen atoms in total. The molecule has 0 spiro atoms. The zero-order chi connectivity index (χ0) is 12.3. The first-order valence-corrected chi connectivity index (χ1v) is 6.26. The lowest BCUT2D eigenvalue weighted by atomic mass is 9.93. The Bertz CT molecular complexity index is 556. The Morgan fingerprint density at radius 3 is 2.59 bits per heavy atom. The van der Waals surface area contributed by atoms with Crippen molar-refractivity contribution in [3.8, 4) is 12.1 Å². The Kier molecular flexibility index (Phi) is 3.37. The van der Waals surface area contributed by atoms with E-state index in [1.54, 1.807) is 11.3 Å². The molecule has 0 N–H and O–H groups in total. The van der Waals surface area contributed by atoms with Crippen LogP contribution in [-0.2, 0) is 0 Å². The van der Waals surface area contributed by atoms with Gasteiger partial charge in [0.25, 0.3) is 0 Å². The fraction of sp³-hybridized carbons (Fsp3) is 0.308. The van der Waals surface area contributed by atoms with E-state index in [1.807, 2.05) is 31.2 Å². The van der Waals surface area contributed by atoms with Crippen LogP contribution < -0.4 is 0 Å². The minimum Gasteiger partial charge on any atom is -0.241 e. The van der Waals surface area contributed by atoms with Crippen molar-refractivity contribution in [1.29, 1.82) is 10.5 Å². The molecule has 84 valence electrons. The van der Waals surface area contributed by atoms with Gasteiger partial charge in [0.15, 0.2) is 0 Å². The first-order valence-electron chi connectivity index (χ1n) is 5.44. The van der Waals surface area contributed by atoms with E-state index >= 15 is 0 Å². The summed E-state index contributed by atoms with van der Waals surface area (Å²) >= 11 is 1.58. The third-order valence-corrected chi connectivity index (χ3v) is 3.92. The van der Waals surface area contributed by atoms with Gasteiger partial charge in [-0.2, -0.15) is 10.5 Å². The highest BCUT2D eigenvalue weighted by Crippen LogP contribution is 2.33. The van der Waals surface area contributed by atoms with Crippen LogP contribution in [0.3, 0.4) is 0 Å². The Morgan fingerprint density at radius 1 is 1.29 bits per heavy atom. The number of para-hydroxylation sites is 1. The first-order chi connectivity index (χ1) is 8.30. The number of nitrogens with zero attached hydrogens (tertiary/aromatic N) is 3. The highest BCUT2D eigenvalue weighted by molar-refractivity contribution is 7.18. The van der Waals surface area contributed by atoms with Crippen LogP contribution >= 0.6 is 11.3 Å². The molecule has 1 aromatic heterocycles. The largest absolute Gasteiger partial charge is 0.241 e. The number of thiazole rings is 1. The molecular formula is C13H11N3S. The zero-order valence-corrected chi connectivity index (χ0v) is 10.2. The van der Waals surface area contributed by atoms with Gasteiger partial charge in [-0.3, -0.25) is 0 Å². The highest BCUT2D eigenvalue weighted by atomic mass is 32.1. The van der Waals surface area contributed by atoms with Gasteiger partial charge in [0.1, 0.15) is 5.92 Å². The van der Waals surface area contributed by atoms with Gasteiger partial charge < -0.3 is 0 Å². The van der Waals surface area contributed by atoms with Crippen LogP contribution in [0.1, 0.15) is 24.3 Å². The van der Waals surface area contributed by atoms with Crippen LogP contribution in [0.25, 0.3) is 10.2 Å². The van der Waals surface area contributed by atoms with Gasteiger partial charge in [-0.1, -0.05) is 19.1 Å². The molecule has 1 atom stereocenters. The van der Waals surface area contributed by atoms with Crippen LogP contribution in [0.2, 0.25) is 0 Å². The maximum atomic E-state index is 8.97. The van der Waals surface area contributed by atoms with E-state index < -0.39 is 5.92 Å². The molecule has 2 rings (SSSR count). The number of nitriles is 2. The quantitative estimate of drug-likeness (QED) is 0.826. The summed E-state index contributed by atoms with van der Waals surface area (Å²) in [7, 11) is 0. The predicted octanol–water partition coefficient (Wildman–Crippen LogP) is 3.45. The summed E-state index contributed by atoms with van der Waals surface area (Å²) in [5, 5.41) is 18.8. The number of aromatic nitrogens is 1. The second kappa shape index (κ2) is 4.95. The number of hydrogen-bond acceptors (Lipinski definition) is 4. The predicted molar refractivity (Wildman–Crippen MR) is 67.4 cm³/mol. The average molecular weight is 241 g/mol. The molecule has 0 amide bonds. The van der Waals surface area contributed by atoms with Gasteiger partial charge in [0.05, 0.1) is 27.4 Å². The Balaban J connectivity index is 2.44. The maximum absolute atomic E-state index is 8.97. The van der Waals surface area contributed by atoms with Gasteiger partial charge in [0.2, 0.25) is 0 Å². The molecule has 0 aliphatic rings. The first kappa shape index (κ1) is 11.6. The fourth-order valence-corrected chi connectivity index (χ4v) is 3.00. The van der Waals surface area contributed by atoms with Crippen molar-refractivity contribution in [2.75, 3.05) is 0 Å². The van der Waals surface area contributed by atoms with E-state index in [9.17, 15) is 0 Å². The monoisotopic (exact) mass is 241 g/mol. The van der Waals surface area contributed by atoms with E-state index in [0.717, 1.165) is 21.6 Å². The number of fused-ring (bicyclic) bond motifs is 1. The number of benzene rings is 1. The normalized spacial score (nSPS) is 12.2. The number of rotatable bonds is 3. The van der Waals surface area contributed by atoms with Gasteiger partial charge in [-0.15, -0.1) is 11.3 Å². The summed E-state index contributed by atoms with van der Waals surface area (Å²) in [6, 6.07) is 12.0. The molecule has 0 radical (unpaired) electrons. The van der Waals surface area contributed by atoms with Crippen molar-refractivity contribution in [3.05, 3.63) is 29.3 Å². The van der Waals surface area contributed by atoms with Crippen LogP contribution in [0.5, 0.6) is 0 Å². The SMILES string of the molecule is CC[C@@H](c1nc2ccccc2s1)C(C#N)C#N. The Morgan fingerprint density at radius 2 is 2.00 bits per heavy atom. The number of hydrogen-bond donors (Lipinski definition) is 0. The Hall–Kier alpha value is -1.91. The lowest BCUT2D eigenvalue weighted by Crippen LogP contribution is -2.08. The minimum atomic E-state index is -0.611. The van der Waals surface area contributed by atoms with Crippen molar-refractivity contribution in [3.63, 3.8) is 0 Å². The van der Waals surface area contributed by atoms with Crippen LogP contribution in [0.15, 0.2) is 24.3 Å². The summed E-state index contributed by atoms with van der Waals surface area (Å²) in [6.07, 6.45) is 0.756. The molecule has 0 aliphatic heterocycles. The van der Waals surface area contributed by atoms with Gasteiger partial charge in [0, 0.05) is 5.92 Å². The molecule has 4 heteroatoms. The van der Waals surface area contributed by atoms with Crippen LogP contribution in [-0.4, -0.2) is 4.98 Å². The third-order valence-electron chi connectivity index (χ3n) is 2.75. The second-order valence-corrected chi connectivity index (χ2v) is 4.83. The Labute approximate surface area is 104 Å². The summed E-state index contributed by atoms with van der Waals surface area (Å²) < 4.78 is 1.11. The molecule has 1 aromatic carbocycles. The van der Waals surface area contributed by atoms with Crippen molar-refractivity contribution in [2.45, 2.75) is 19.3 Å². The van der Waals surface area contributed by atoms with Gasteiger partial charge in [-0.05, 0) is 18.6 Å². The van der Waals surface area contributed by atoms with Crippen molar-refractivity contribution in [1.82, 2.24) is 4.98 Å². The fourth-order valence-electron chi connectivity index (χ4n) is 1.81. The molecular weight excluding hydrogens is 230 g/mol. The third kappa shape index (κ3) is 2.13. The summed E-state index contributed by atoms with van der Waals surface area (Å²) in [5.74, 6) is -0.692. The second-order valence-electron chi connectivity index (χ2n) is 3.77. The molecule has 2 aromatic rings. The van der Waals surface area contributed by atoms with Crippen LogP contribution in [0, 0.1) is 28.6 Å². The molecule has 0 saturated heterocycles. The average Bonchev–Trinajstić information content (AvgIpc) is 2.78. The zero-order valence-electron chi connectivity index (χ0n) is 9.42. The van der Waals surface area contributed by atoms with E-state index in [0.29, 0.717) is 0 Å². The van der Waals surface area contributed by atoms with E-state index in [1.165, 1.54) is 0 Å². The van der Waals surface area contributed by atoms with Crippen molar-refractivity contribution < 1.29 is 0 Å². The van der Waals surface area contributed by atoms with E-state index in [-0.39, 0.29) is 5.92 Å². The summed E-state index contributed by atoms with van der Waals surface area (Å²) in [4.78, 5) is 4.52. The summed E-state index contributed by atoms with van der Waals surface area (Å²) in [5.41, 5.74) is 0.945. The highest BCUT2D eigenvalue weighted by Gasteiger charge is 2.24. The lowest BCUT2D eigenvalue weighted by Gasteiger charge is -2.10. The van der Waals surface area contributed by atoms with Gasteiger partial charge in [-0.25, -0.2) is 4.98 Å². The van der Waals surface area contributed by atoms with E-state index in [4.69, 9.17) is 10.5 Å². The lowest BCUT2D eigenvalue weighted by molar-refractivity contribution is 0.590. The van der Waals surface area contributed by atoms with E-state index in [2.05, 4.69) is 17.1 Å².